The van der Waals surface area contributed by atoms with Crippen LogP contribution >= 0.6 is 11.3 Å². The molecular formula is C7H9NO5S2. The van der Waals surface area contributed by atoms with Crippen molar-refractivity contribution in [1.29, 1.82) is 0 Å². The zero-order chi connectivity index (χ0) is 11.6. The SMILES string of the molecule is Cc1sc(COS(C)(=O)=O)cc1[N+](=O)[O-]. The quantitative estimate of drug-likeness (QED) is 0.459. The highest BCUT2D eigenvalue weighted by molar-refractivity contribution is 7.85. The Morgan fingerprint density at radius 1 is 1.60 bits per heavy atom. The molecule has 0 spiro atoms. The number of nitro groups is 1. The summed E-state index contributed by atoms with van der Waals surface area (Å²) < 4.78 is 25.9. The van der Waals surface area contributed by atoms with Crippen molar-refractivity contribution in [2.24, 2.45) is 0 Å². The Hall–Kier alpha value is -0.990. The van der Waals surface area contributed by atoms with Gasteiger partial charge in [0.2, 0.25) is 0 Å². The van der Waals surface area contributed by atoms with Crippen molar-refractivity contribution in [3.63, 3.8) is 0 Å². The molecule has 0 aliphatic carbocycles. The number of hydrogen-bond donors (Lipinski definition) is 0. The highest BCUT2D eigenvalue weighted by atomic mass is 32.2. The standard InChI is InChI=1S/C7H9NO5S2/c1-5-7(8(9)10)3-6(14-5)4-13-15(2,11)12/h3H,4H2,1-2H3. The summed E-state index contributed by atoms with van der Waals surface area (Å²) in [6.07, 6.45) is 0.932. The van der Waals surface area contributed by atoms with Crippen LogP contribution in [-0.4, -0.2) is 19.6 Å². The Labute approximate surface area is 90.8 Å². The smallest absolute Gasteiger partial charge is 0.265 e. The maximum Gasteiger partial charge on any atom is 0.283 e. The molecule has 0 unspecified atom stereocenters. The summed E-state index contributed by atoms with van der Waals surface area (Å²) in [5.41, 5.74) is -0.00731. The summed E-state index contributed by atoms with van der Waals surface area (Å²) in [5.74, 6) is 0. The molecule has 0 aliphatic rings. The van der Waals surface area contributed by atoms with E-state index in [1.165, 1.54) is 6.07 Å². The van der Waals surface area contributed by atoms with Crippen LogP contribution in [-0.2, 0) is 20.9 Å². The largest absolute Gasteiger partial charge is 0.283 e. The summed E-state index contributed by atoms with van der Waals surface area (Å²) in [4.78, 5) is 11.0. The molecule has 0 fully saturated rings. The minimum absolute atomic E-state index is 0.00731. The average Bonchev–Trinajstić information content (AvgIpc) is 2.42. The molecule has 1 aromatic rings. The second kappa shape index (κ2) is 4.25. The normalized spacial score (nSPS) is 11.6. The van der Waals surface area contributed by atoms with E-state index in [9.17, 15) is 18.5 Å². The molecule has 84 valence electrons. The van der Waals surface area contributed by atoms with Gasteiger partial charge in [0.25, 0.3) is 15.8 Å². The Morgan fingerprint density at radius 2 is 2.20 bits per heavy atom. The Morgan fingerprint density at radius 3 is 2.60 bits per heavy atom. The highest BCUT2D eigenvalue weighted by Crippen LogP contribution is 2.28. The lowest BCUT2D eigenvalue weighted by molar-refractivity contribution is -0.385. The third-order valence-corrected chi connectivity index (χ3v) is 3.11. The van der Waals surface area contributed by atoms with Crippen LogP contribution in [0.1, 0.15) is 9.75 Å². The molecule has 0 aromatic carbocycles. The first kappa shape index (κ1) is 12.1. The Bertz CT molecular complexity index is 476. The molecule has 1 heterocycles. The fourth-order valence-corrected chi connectivity index (χ4v) is 2.29. The summed E-state index contributed by atoms with van der Waals surface area (Å²) in [7, 11) is -3.51. The van der Waals surface area contributed by atoms with Crippen LogP contribution < -0.4 is 0 Å². The molecule has 0 saturated heterocycles. The lowest BCUT2D eigenvalue weighted by atomic mass is 10.4. The molecule has 0 aliphatic heterocycles. The van der Waals surface area contributed by atoms with Crippen molar-refractivity contribution in [2.75, 3.05) is 6.26 Å². The van der Waals surface area contributed by atoms with Crippen molar-refractivity contribution in [3.8, 4) is 0 Å². The molecular weight excluding hydrogens is 242 g/mol. The third kappa shape index (κ3) is 3.57. The first-order chi connectivity index (χ1) is 6.79. The monoisotopic (exact) mass is 251 g/mol. The second-order valence-corrected chi connectivity index (χ2v) is 5.86. The third-order valence-electron chi connectivity index (χ3n) is 1.55. The molecule has 1 aromatic heterocycles. The number of aryl methyl sites for hydroxylation is 1. The zero-order valence-electron chi connectivity index (χ0n) is 8.09. The van der Waals surface area contributed by atoms with E-state index in [2.05, 4.69) is 4.18 Å². The topological polar surface area (TPSA) is 86.5 Å². The van der Waals surface area contributed by atoms with Crippen molar-refractivity contribution < 1.29 is 17.5 Å². The van der Waals surface area contributed by atoms with E-state index in [-0.39, 0.29) is 12.3 Å². The molecule has 0 radical (unpaired) electrons. The maximum atomic E-state index is 10.7. The number of thiophene rings is 1. The van der Waals surface area contributed by atoms with Crippen molar-refractivity contribution in [1.82, 2.24) is 0 Å². The van der Waals surface area contributed by atoms with E-state index in [0.717, 1.165) is 17.6 Å². The van der Waals surface area contributed by atoms with Gasteiger partial charge in [-0.05, 0) is 6.92 Å². The summed E-state index contributed by atoms with van der Waals surface area (Å²) in [6, 6.07) is 1.32. The van der Waals surface area contributed by atoms with Gasteiger partial charge >= 0.3 is 0 Å². The van der Waals surface area contributed by atoms with E-state index < -0.39 is 15.0 Å². The lowest BCUT2D eigenvalue weighted by Gasteiger charge is -1.96. The van der Waals surface area contributed by atoms with Crippen LogP contribution in [0.4, 0.5) is 5.69 Å². The van der Waals surface area contributed by atoms with Crippen LogP contribution in [0.25, 0.3) is 0 Å². The van der Waals surface area contributed by atoms with Crippen LogP contribution in [0.2, 0.25) is 0 Å². The van der Waals surface area contributed by atoms with Crippen molar-refractivity contribution >= 4 is 27.1 Å². The van der Waals surface area contributed by atoms with Crippen molar-refractivity contribution in [2.45, 2.75) is 13.5 Å². The van der Waals surface area contributed by atoms with Gasteiger partial charge in [-0.1, -0.05) is 0 Å². The van der Waals surface area contributed by atoms with E-state index in [4.69, 9.17) is 0 Å². The second-order valence-electron chi connectivity index (χ2n) is 2.88. The van der Waals surface area contributed by atoms with Gasteiger partial charge in [-0.3, -0.25) is 14.3 Å². The molecule has 0 atom stereocenters. The molecule has 0 saturated carbocycles. The van der Waals surface area contributed by atoms with E-state index >= 15 is 0 Å². The molecule has 0 bridgehead atoms. The predicted molar refractivity (Wildman–Crippen MR) is 55.3 cm³/mol. The Kier molecular flexibility index (Phi) is 3.42. The molecule has 15 heavy (non-hydrogen) atoms. The lowest BCUT2D eigenvalue weighted by Crippen LogP contribution is -2.01. The van der Waals surface area contributed by atoms with Gasteiger partial charge in [-0.15, -0.1) is 11.3 Å². The fraction of sp³-hybridized carbons (Fsp3) is 0.429. The van der Waals surface area contributed by atoms with Gasteiger partial charge < -0.3 is 0 Å². The van der Waals surface area contributed by atoms with Crippen LogP contribution in [0.15, 0.2) is 6.07 Å². The predicted octanol–water partition coefficient (Wildman–Crippen LogP) is 1.44. The van der Waals surface area contributed by atoms with Gasteiger partial charge in [0.1, 0.15) is 6.61 Å². The van der Waals surface area contributed by atoms with E-state index in [0.29, 0.717) is 9.75 Å². The highest BCUT2D eigenvalue weighted by Gasteiger charge is 2.16. The van der Waals surface area contributed by atoms with Crippen LogP contribution in [0.5, 0.6) is 0 Å². The van der Waals surface area contributed by atoms with Crippen LogP contribution in [0, 0.1) is 17.0 Å². The summed E-state index contributed by atoms with van der Waals surface area (Å²) in [6.45, 7) is 1.45. The van der Waals surface area contributed by atoms with Gasteiger partial charge in [0.15, 0.2) is 0 Å². The number of hydrogen-bond acceptors (Lipinski definition) is 6. The minimum atomic E-state index is -3.51. The molecule has 6 nitrogen and oxygen atoms in total. The minimum Gasteiger partial charge on any atom is -0.265 e. The number of rotatable bonds is 4. The molecule has 1 rings (SSSR count). The van der Waals surface area contributed by atoms with Crippen molar-refractivity contribution in [3.05, 3.63) is 25.9 Å². The first-order valence-electron chi connectivity index (χ1n) is 3.87. The fourth-order valence-electron chi connectivity index (χ4n) is 0.950. The van der Waals surface area contributed by atoms with E-state index in [1.807, 2.05) is 0 Å². The number of nitrogens with zero attached hydrogens (tertiary/aromatic N) is 1. The summed E-state index contributed by atoms with van der Waals surface area (Å²) in [5, 5.41) is 10.5. The molecule has 8 heteroatoms. The van der Waals surface area contributed by atoms with Crippen LogP contribution in [0.3, 0.4) is 0 Å². The maximum absolute atomic E-state index is 10.7. The van der Waals surface area contributed by atoms with Gasteiger partial charge in [0.05, 0.1) is 16.1 Å². The van der Waals surface area contributed by atoms with Gasteiger partial charge in [0, 0.05) is 10.9 Å². The Balaban J connectivity index is 2.81. The van der Waals surface area contributed by atoms with Gasteiger partial charge in [-0.2, -0.15) is 8.42 Å². The first-order valence-corrected chi connectivity index (χ1v) is 6.51. The van der Waals surface area contributed by atoms with Gasteiger partial charge in [-0.25, -0.2) is 0 Å². The average molecular weight is 251 g/mol. The molecule has 0 N–H and O–H groups in total. The summed E-state index contributed by atoms with van der Waals surface area (Å²) >= 11 is 1.15. The zero-order valence-corrected chi connectivity index (χ0v) is 9.72. The molecule has 0 amide bonds. The van der Waals surface area contributed by atoms with E-state index in [1.54, 1.807) is 6.92 Å².